The molecule has 0 atom stereocenters. The number of aryl methyl sites for hydroxylation is 2. The molecule has 1 aromatic heterocycles. The molecule has 0 radical (unpaired) electrons. The third-order valence-corrected chi connectivity index (χ3v) is 6.62. The van der Waals surface area contributed by atoms with Crippen molar-refractivity contribution in [2.75, 3.05) is 24.5 Å². The third kappa shape index (κ3) is 4.10. The first kappa shape index (κ1) is 20.5. The molecule has 1 aliphatic heterocycles. The van der Waals surface area contributed by atoms with Crippen LogP contribution in [0.5, 0.6) is 0 Å². The molecular formula is C24H28N4OS. The summed E-state index contributed by atoms with van der Waals surface area (Å²) in [5, 5.41) is 7.66. The van der Waals surface area contributed by atoms with Crippen LogP contribution in [0.3, 0.4) is 0 Å². The SMILES string of the molecule is CCN(CCCNC(=O)c1nn(C)c2c1CSc1ccc(C)cc1-2)c1ccccc1. The van der Waals surface area contributed by atoms with Crippen LogP contribution in [0.15, 0.2) is 53.4 Å². The van der Waals surface area contributed by atoms with E-state index in [0.29, 0.717) is 12.2 Å². The number of para-hydroxylation sites is 1. The van der Waals surface area contributed by atoms with Crippen molar-refractivity contribution >= 4 is 23.4 Å². The molecule has 2 heterocycles. The normalized spacial score (nSPS) is 12.2. The molecule has 0 saturated carbocycles. The van der Waals surface area contributed by atoms with Crippen LogP contribution in [0, 0.1) is 6.92 Å². The zero-order chi connectivity index (χ0) is 21.1. The summed E-state index contributed by atoms with van der Waals surface area (Å²) in [7, 11) is 1.93. The number of amides is 1. The molecule has 0 spiro atoms. The van der Waals surface area contributed by atoms with Gasteiger partial charge in [-0.1, -0.05) is 29.8 Å². The van der Waals surface area contributed by atoms with Gasteiger partial charge in [0.2, 0.25) is 0 Å². The lowest BCUT2D eigenvalue weighted by Gasteiger charge is -2.23. The first-order valence-corrected chi connectivity index (χ1v) is 11.4. The van der Waals surface area contributed by atoms with Gasteiger partial charge in [-0.05, 0) is 44.5 Å². The standard InChI is InChI=1S/C24H28N4OS/c1-4-28(18-9-6-5-7-10-18)14-8-13-25-24(29)22-20-16-30-21-12-11-17(2)15-19(21)23(20)27(3)26-22/h5-7,9-12,15H,4,8,13-14,16H2,1-3H3,(H,25,29). The van der Waals surface area contributed by atoms with Crippen molar-refractivity contribution in [3.8, 4) is 11.3 Å². The smallest absolute Gasteiger partial charge is 0.272 e. The van der Waals surface area contributed by atoms with Gasteiger partial charge >= 0.3 is 0 Å². The number of hydrogen-bond acceptors (Lipinski definition) is 4. The molecule has 1 amide bonds. The molecular weight excluding hydrogens is 392 g/mol. The van der Waals surface area contributed by atoms with Crippen LogP contribution >= 0.6 is 11.8 Å². The Morgan fingerprint density at radius 3 is 2.80 bits per heavy atom. The third-order valence-electron chi connectivity index (χ3n) is 5.52. The Balaban J connectivity index is 1.41. The van der Waals surface area contributed by atoms with E-state index in [-0.39, 0.29) is 5.91 Å². The van der Waals surface area contributed by atoms with Gasteiger partial charge in [-0.15, -0.1) is 11.8 Å². The maximum absolute atomic E-state index is 12.9. The molecule has 6 heteroatoms. The summed E-state index contributed by atoms with van der Waals surface area (Å²) in [6.45, 7) is 6.74. The van der Waals surface area contributed by atoms with Crippen LogP contribution < -0.4 is 10.2 Å². The molecule has 30 heavy (non-hydrogen) atoms. The van der Waals surface area contributed by atoms with Crippen LogP contribution in [0.2, 0.25) is 0 Å². The van der Waals surface area contributed by atoms with Gasteiger partial charge in [0.25, 0.3) is 5.91 Å². The predicted octanol–water partition coefficient (Wildman–Crippen LogP) is 4.65. The van der Waals surface area contributed by atoms with E-state index in [2.05, 4.69) is 71.6 Å². The first-order chi connectivity index (χ1) is 14.6. The number of benzene rings is 2. The van der Waals surface area contributed by atoms with Gasteiger partial charge in [0.1, 0.15) is 0 Å². The van der Waals surface area contributed by atoms with E-state index >= 15 is 0 Å². The van der Waals surface area contributed by atoms with Crippen molar-refractivity contribution in [2.24, 2.45) is 7.05 Å². The van der Waals surface area contributed by atoms with Crippen molar-refractivity contribution in [3.05, 3.63) is 65.4 Å². The molecule has 5 nitrogen and oxygen atoms in total. The molecule has 156 valence electrons. The maximum atomic E-state index is 12.9. The van der Waals surface area contributed by atoms with Gasteiger partial charge in [-0.3, -0.25) is 9.48 Å². The number of thioether (sulfide) groups is 1. The number of rotatable bonds is 7. The van der Waals surface area contributed by atoms with E-state index in [4.69, 9.17) is 0 Å². The van der Waals surface area contributed by atoms with E-state index in [1.807, 2.05) is 17.8 Å². The molecule has 1 aliphatic rings. The highest BCUT2D eigenvalue weighted by molar-refractivity contribution is 7.98. The fraction of sp³-hybridized carbons (Fsp3) is 0.333. The number of hydrogen-bond donors (Lipinski definition) is 1. The summed E-state index contributed by atoms with van der Waals surface area (Å²) < 4.78 is 1.86. The number of carbonyl (C=O) groups excluding carboxylic acids is 1. The van der Waals surface area contributed by atoms with Gasteiger partial charge in [0, 0.05) is 54.1 Å². The van der Waals surface area contributed by atoms with Crippen LogP contribution in [-0.2, 0) is 12.8 Å². The molecule has 0 aliphatic carbocycles. The van der Waals surface area contributed by atoms with Crippen LogP contribution in [-0.4, -0.2) is 35.3 Å². The van der Waals surface area contributed by atoms with Crippen molar-refractivity contribution in [1.29, 1.82) is 0 Å². The first-order valence-electron chi connectivity index (χ1n) is 10.5. The lowest BCUT2D eigenvalue weighted by atomic mass is 10.0. The average Bonchev–Trinajstić information content (AvgIpc) is 3.11. The lowest BCUT2D eigenvalue weighted by molar-refractivity contribution is 0.0947. The molecule has 1 N–H and O–H groups in total. The van der Waals surface area contributed by atoms with Crippen LogP contribution in [0.25, 0.3) is 11.3 Å². The summed E-state index contributed by atoms with van der Waals surface area (Å²) in [6, 6.07) is 16.9. The molecule has 3 aromatic rings. The summed E-state index contributed by atoms with van der Waals surface area (Å²) in [5.41, 5.74) is 6.28. The summed E-state index contributed by atoms with van der Waals surface area (Å²) in [4.78, 5) is 16.5. The highest BCUT2D eigenvalue weighted by atomic mass is 32.2. The Morgan fingerprint density at radius 2 is 2.03 bits per heavy atom. The molecule has 0 bridgehead atoms. The Kier molecular flexibility index (Phi) is 6.13. The summed E-state index contributed by atoms with van der Waals surface area (Å²) in [6.07, 6.45) is 0.889. The molecule has 0 fully saturated rings. The lowest BCUT2D eigenvalue weighted by Crippen LogP contribution is -2.30. The fourth-order valence-electron chi connectivity index (χ4n) is 3.99. The molecule has 0 unspecified atom stereocenters. The second kappa shape index (κ2) is 8.96. The van der Waals surface area contributed by atoms with E-state index in [9.17, 15) is 4.79 Å². The number of carbonyl (C=O) groups is 1. The minimum Gasteiger partial charge on any atom is -0.372 e. The number of aromatic nitrogens is 2. The summed E-state index contributed by atoms with van der Waals surface area (Å²) in [5.74, 6) is 0.700. The Morgan fingerprint density at radius 1 is 1.23 bits per heavy atom. The van der Waals surface area contributed by atoms with Crippen molar-refractivity contribution in [1.82, 2.24) is 15.1 Å². The fourth-order valence-corrected chi connectivity index (χ4v) is 5.04. The van der Waals surface area contributed by atoms with Gasteiger partial charge in [0.05, 0.1) is 5.69 Å². The number of fused-ring (bicyclic) bond motifs is 3. The number of anilines is 1. The minimum absolute atomic E-state index is 0.0775. The average molecular weight is 421 g/mol. The van der Waals surface area contributed by atoms with Crippen molar-refractivity contribution < 1.29 is 4.79 Å². The zero-order valence-electron chi connectivity index (χ0n) is 17.8. The van der Waals surface area contributed by atoms with E-state index in [1.165, 1.54) is 21.7 Å². The second-order valence-electron chi connectivity index (χ2n) is 7.61. The Bertz CT molecular complexity index is 1040. The van der Waals surface area contributed by atoms with Crippen molar-refractivity contribution in [3.63, 3.8) is 0 Å². The van der Waals surface area contributed by atoms with Gasteiger partial charge in [-0.25, -0.2) is 0 Å². The highest BCUT2D eigenvalue weighted by Gasteiger charge is 2.27. The largest absolute Gasteiger partial charge is 0.372 e. The highest BCUT2D eigenvalue weighted by Crippen LogP contribution is 2.42. The van der Waals surface area contributed by atoms with Crippen LogP contribution in [0.1, 0.15) is 35.0 Å². The van der Waals surface area contributed by atoms with Crippen molar-refractivity contribution in [2.45, 2.75) is 30.9 Å². The molecule has 4 rings (SSSR count). The minimum atomic E-state index is -0.0775. The van der Waals surface area contributed by atoms with Gasteiger partial charge in [-0.2, -0.15) is 5.10 Å². The molecule has 2 aromatic carbocycles. The summed E-state index contributed by atoms with van der Waals surface area (Å²) >= 11 is 1.78. The molecule has 0 saturated heterocycles. The van der Waals surface area contributed by atoms with Crippen LogP contribution in [0.4, 0.5) is 5.69 Å². The van der Waals surface area contributed by atoms with Gasteiger partial charge < -0.3 is 10.2 Å². The second-order valence-corrected chi connectivity index (χ2v) is 8.63. The number of nitrogens with zero attached hydrogens (tertiary/aromatic N) is 3. The Labute approximate surface area is 182 Å². The quantitative estimate of drug-likeness (QED) is 0.566. The van der Waals surface area contributed by atoms with E-state index < -0.39 is 0 Å². The van der Waals surface area contributed by atoms with E-state index in [1.54, 1.807) is 11.8 Å². The predicted molar refractivity (Wildman–Crippen MR) is 124 cm³/mol. The number of nitrogens with one attached hydrogen (secondary N) is 1. The Hall–Kier alpha value is -2.73. The van der Waals surface area contributed by atoms with E-state index in [0.717, 1.165) is 36.5 Å². The maximum Gasteiger partial charge on any atom is 0.272 e. The topological polar surface area (TPSA) is 50.2 Å². The zero-order valence-corrected chi connectivity index (χ0v) is 18.6. The van der Waals surface area contributed by atoms with Gasteiger partial charge in [0.15, 0.2) is 5.69 Å². The monoisotopic (exact) mass is 420 g/mol.